The molecule has 0 saturated carbocycles. The second-order valence-electron chi connectivity index (χ2n) is 6.34. The number of unbranched alkanes of at least 4 members (excludes halogenated alkanes) is 10. The molecule has 0 fully saturated rings. The Balaban J connectivity index is 2.00. The number of carbonyl (C=O) groups is 1. The van der Waals surface area contributed by atoms with E-state index in [0.29, 0.717) is 6.42 Å². The quantitative estimate of drug-likeness (QED) is 0.286. The summed E-state index contributed by atoms with van der Waals surface area (Å²) in [5.74, 6) is -1.95. The molecule has 1 rings (SSSR count). The minimum absolute atomic E-state index is 0.0974. The third-order valence-electron chi connectivity index (χ3n) is 4.25. The van der Waals surface area contributed by atoms with Gasteiger partial charge in [0.15, 0.2) is 17.4 Å². The first-order chi connectivity index (χ1) is 11.1. The Morgan fingerprint density at radius 1 is 0.783 bits per heavy atom. The van der Waals surface area contributed by atoms with E-state index in [4.69, 9.17) is 0 Å². The predicted molar refractivity (Wildman–Crippen MR) is 91.8 cm³/mol. The number of rotatable bonds is 13. The van der Waals surface area contributed by atoms with Crippen molar-refractivity contribution in [1.29, 1.82) is 0 Å². The SMILES string of the molecule is CCCCCCCCCCCCCC(=O)c1ccc(F)c(F)c1. The summed E-state index contributed by atoms with van der Waals surface area (Å²) in [4.78, 5) is 11.9. The lowest BCUT2D eigenvalue weighted by Crippen LogP contribution is -2.00. The third kappa shape index (κ3) is 8.83. The van der Waals surface area contributed by atoms with Gasteiger partial charge >= 0.3 is 0 Å². The van der Waals surface area contributed by atoms with Crippen LogP contribution in [0.25, 0.3) is 0 Å². The van der Waals surface area contributed by atoms with Crippen LogP contribution in [0.2, 0.25) is 0 Å². The van der Waals surface area contributed by atoms with Crippen LogP contribution in [0.5, 0.6) is 0 Å². The lowest BCUT2D eigenvalue weighted by atomic mass is 10.0. The maximum absolute atomic E-state index is 13.1. The Bertz CT molecular complexity index is 457. The molecule has 1 nitrogen and oxygen atoms in total. The van der Waals surface area contributed by atoms with Gasteiger partial charge in [0, 0.05) is 12.0 Å². The Labute approximate surface area is 139 Å². The maximum atomic E-state index is 13.1. The van der Waals surface area contributed by atoms with E-state index < -0.39 is 11.6 Å². The van der Waals surface area contributed by atoms with Crippen molar-refractivity contribution in [3.8, 4) is 0 Å². The molecule has 0 aliphatic heterocycles. The average Bonchev–Trinajstić information content (AvgIpc) is 2.55. The zero-order valence-electron chi connectivity index (χ0n) is 14.4. The van der Waals surface area contributed by atoms with E-state index in [-0.39, 0.29) is 11.3 Å². The molecule has 0 atom stereocenters. The van der Waals surface area contributed by atoms with Crippen LogP contribution in [0, 0.1) is 11.6 Å². The van der Waals surface area contributed by atoms with Gasteiger partial charge in [0.05, 0.1) is 0 Å². The molecular formula is C20H30F2O. The van der Waals surface area contributed by atoms with Crippen molar-refractivity contribution >= 4 is 5.78 Å². The van der Waals surface area contributed by atoms with E-state index in [9.17, 15) is 13.6 Å². The van der Waals surface area contributed by atoms with Crippen LogP contribution in [0.3, 0.4) is 0 Å². The number of halogens is 2. The van der Waals surface area contributed by atoms with Crippen molar-refractivity contribution < 1.29 is 13.6 Å². The van der Waals surface area contributed by atoms with Crippen LogP contribution >= 0.6 is 0 Å². The molecule has 0 aliphatic rings. The van der Waals surface area contributed by atoms with Crippen molar-refractivity contribution in [2.45, 2.75) is 84.0 Å². The van der Waals surface area contributed by atoms with Crippen LogP contribution < -0.4 is 0 Å². The fourth-order valence-corrected chi connectivity index (χ4v) is 2.76. The summed E-state index contributed by atoms with van der Waals surface area (Å²) in [5, 5.41) is 0. The van der Waals surface area contributed by atoms with E-state index in [1.54, 1.807) is 0 Å². The molecule has 1 aromatic rings. The number of carbonyl (C=O) groups excluding carboxylic acids is 1. The normalized spacial score (nSPS) is 10.9. The molecule has 0 amide bonds. The minimum Gasteiger partial charge on any atom is -0.294 e. The molecule has 0 radical (unpaired) electrons. The van der Waals surface area contributed by atoms with Gasteiger partial charge < -0.3 is 0 Å². The summed E-state index contributed by atoms with van der Waals surface area (Å²) in [6.45, 7) is 2.23. The Morgan fingerprint density at radius 2 is 1.30 bits per heavy atom. The Hall–Kier alpha value is -1.25. The van der Waals surface area contributed by atoms with E-state index in [1.807, 2.05) is 0 Å². The first-order valence-corrected chi connectivity index (χ1v) is 9.13. The molecule has 0 bridgehead atoms. The highest BCUT2D eigenvalue weighted by molar-refractivity contribution is 5.95. The largest absolute Gasteiger partial charge is 0.294 e. The fraction of sp³-hybridized carbons (Fsp3) is 0.650. The van der Waals surface area contributed by atoms with Crippen molar-refractivity contribution in [2.24, 2.45) is 0 Å². The molecule has 3 heteroatoms. The van der Waals surface area contributed by atoms with Gasteiger partial charge in [-0.15, -0.1) is 0 Å². The molecule has 0 N–H and O–H groups in total. The van der Waals surface area contributed by atoms with Crippen molar-refractivity contribution in [3.63, 3.8) is 0 Å². The van der Waals surface area contributed by atoms with Crippen molar-refractivity contribution in [2.75, 3.05) is 0 Å². The van der Waals surface area contributed by atoms with Crippen LogP contribution in [-0.2, 0) is 0 Å². The highest BCUT2D eigenvalue weighted by atomic mass is 19.2. The lowest BCUT2D eigenvalue weighted by molar-refractivity contribution is 0.0978. The number of hydrogen-bond acceptors (Lipinski definition) is 1. The molecule has 0 unspecified atom stereocenters. The standard InChI is InChI=1S/C20H30F2O/c1-2-3-4-5-6-7-8-9-10-11-12-13-20(23)17-14-15-18(21)19(22)16-17/h14-16H,2-13H2,1H3. The monoisotopic (exact) mass is 324 g/mol. The number of Topliss-reactive ketones (excluding diaryl/α,β-unsaturated/α-hetero) is 1. The Kier molecular flexibility index (Phi) is 10.5. The Morgan fingerprint density at radius 3 is 1.83 bits per heavy atom. The summed E-state index contributed by atoms with van der Waals surface area (Å²) in [5.41, 5.74) is 0.274. The topological polar surface area (TPSA) is 17.1 Å². The summed E-state index contributed by atoms with van der Waals surface area (Å²) in [6, 6.07) is 3.37. The van der Waals surface area contributed by atoms with Crippen molar-refractivity contribution in [3.05, 3.63) is 35.4 Å². The molecule has 1 aromatic carbocycles. The first kappa shape index (κ1) is 19.8. The van der Waals surface area contributed by atoms with Crippen molar-refractivity contribution in [1.82, 2.24) is 0 Å². The van der Waals surface area contributed by atoms with Gasteiger partial charge in [0.25, 0.3) is 0 Å². The van der Waals surface area contributed by atoms with Gasteiger partial charge in [-0.25, -0.2) is 8.78 Å². The molecule has 0 heterocycles. The number of benzene rings is 1. The van der Waals surface area contributed by atoms with Crippen LogP contribution in [0.1, 0.15) is 94.3 Å². The van der Waals surface area contributed by atoms with Crippen LogP contribution in [-0.4, -0.2) is 5.78 Å². The summed E-state index contributed by atoms with van der Waals surface area (Å²) in [7, 11) is 0. The van der Waals surface area contributed by atoms with Gasteiger partial charge in [0.2, 0.25) is 0 Å². The fourth-order valence-electron chi connectivity index (χ4n) is 2.76. The molecular weight excluding hydrogens is 294 g/mol. The van der Waals surface area contributed by atoms with Gasteiger partial charge in [-0.3, -0.25) is 4.79 Å². The molecule has 0 spiro atoms. The smallest absolute Gasteiger partial charge is 0.162 e. The summed E-state index contributed by atoms with van der Waals surface area (Å²) in [6.07, 6.45) is 14.0. The molecule has 0 aromatic heterocycles. The van der Waals surface area contributed by atoms with Gasteiger partial charge in [-0.2, -0.15) is 0 Å². The molecule has 0 aliphatic carbocycles. The molecule has 23 heavy (non-hydrogen) atoms. The first-order valence-electron chi connectivity index (χ1n) is 9.13. The van der Waals surface area contributed by atoms with E-state index in [2.05, 4.69) is 6.92 Å². The zero-order chi connectivity index (χ0) is 16.9. The average molecular weight is 324 g/mol. The molecule has 0 saturated heterocycles. The minimum atomic E-state index is -0.949. The van der Waals surface area contributed by atoms with Crippen LogP contribution in [0.4, 0.5) is 8.78 Å². The lowest BCUT2D eigenvalue weighted by Gasteiger charge is -2.03. The number of hydrogen-bond donors (Lipinski definition) is 0. The van der Waals surface area contributed by atoms with Gasteiger partial charge in [-0.05, 0) is 24.6 Å². The summed E-state index contributed by atoms with van der Waals surface area (Å²) >= 11 is 0. The number of ketones is 1. The van der Waals surface area contributed by atoms with E-state index in [0.717, 1.165) is 31.4 Å². The summed E-state index contributed by atoms with van der Waals surface area (Å²) < 4.78 is 25.9. The van der Waals surface area contributed by atoms with Gasteiger partial charge in [-0.1, -0.05) is 71.1 Å². The van der Waals surface area contributed by atoms with Crippen LogP contribution in [0.15, 0.2) is 18.2 Å². The zero-order valence-corrected chi connectivity index (χ0v) is 14.4. The second-order valence-corrected chi connectivity index (χ2v) is 6.34. The predicted octanol–water partition coefficient (Wildman–Crippen LogP) is 6.85. The highest BCUT2D eigenvalue weighted by Gasteiger charge is 2.09. The third-order valence-corrected chi connectivity index (χ3v) is 4.25. The van der Waals surface area contributed by atoms with E-state index in [1.165, 1.54) is 57.4 Å². The maximum Gasteiger partial charge on any atom is 0.162 e. The highest BCUT2D eigenvalue weighted by Crippen LogP contribution is 2.15. The molecule has 130 valence electrons. The van der Waals surface area contributed by atoms with Gasteiger partial charge in [0.1, 0.15) is 0 Å². The second kappa shape index (κ2) is 12.2. The van der Waals surface area contributed by atoms with E-state index >= 15 is 0 Å².